The SMILES string of the molecule is C[C@@H]1CN(c2c(C=O)cc3c(-c4scnc4C(=O)N4CCOCC4)noc3c2F)C[C@H](C)O1. The lowest BCUT2D eigenvalue weighted by atomic mass is 10.0. The lowest BCUT2D eigenvalue weighted by Crippen LogP contribution is -2.46. The fraction of sp³-hybridized carbons (Fsp3) is 0.455. The first kappa shape index (κ1) is 21.9. The number of ether oxygens (including phenoxy) is 2. The molecule has 9 nitrogen and oxygen atoms in total. The number of aldehydes is 1. The Morgan fingerprint density at radius 1 is 1.24 bits per heavy atom. The third-order valence-electron chi connectivity index (χ3n) is 5.85. The van der Waals surface area contributed by atoms with Gasteiger partial charge in [-0.3, -0.25) is 9.59 Å². The number of halogens is 1. The second-order valence-electron chi connectivity index (χ2n) is 8.25. The Labute approximate surface area is 193 Å². The van der Waals surface area contributed by atoms with E-state index in [0.717, 1.165) is 0 Å². The molecule has 5 rings (SSSR count). The van der Waals surface area contributed by atoms with E-state index >= 15 is 4.39 Å². The number of carbonyl (C=O) groups is 2. The molecule has 1 aromatic carbocycles. The van der Waals surface area contributed by atoms with Crippen LogP contribution < -0.4 is 4.90 Å². The molecule has 0 aliphatic carbocycles. The Hall–Kier alpha value is -2.89. The number of amides is 1. The van der Waals surface area contributed by atoms with Crippen LogP contribution in [0.3, 0.4) is 0 Å². The molecule has 4 heterocycles. The molecule has 3 aromatic rings. The fourth-order valence-electron chi connectivity index (χ4n) is 4.47. The molecule has 2 aliphatic rings. The number of hydrogen-bond acceptors (Lipinski definition) is 9. The van der Waals surface area contributed by atoms with Gasteiger partial charge in [0.05, 0.1) is 46.9 Å². The highest BCUT2D eigenvalue weighted by atomic mass is 32.1. The first-order valence-electron chi connectivity index (χ1n) is 10.8. The molecule has 2 atom stereocenters. The molecule has 2 saturated heterocycles. The standard InChI is InChI=1S/C22H23FN4O5S/c1-12-8-27(9-13(2)31-12)19-14(10-28)7-15-17(25-32-20(15)16(19)23)21-18(24-11-33-21)22(29)26-3-5-30-6-4-26/h7,10-13H,3-6,8-9H2,1-2H3/t12-,13+. The van der Waals surface area contributed by atoms with Gasteiger partial charge in [0.25, 0.3) is 5.91 Å². The number of benzene rings is 1. The van der Waals surface area contributed by atoms with Gasteiger partial charge in [0.1, 0.15) is 11.4 Å². The van der Waals surface area contributed by atoms with Gasteiger partial charge < -0.3 is 23.8 Å². The number of hydrogen-bond donors (Lipinski definition) is 0. The van der Waals surface area contributed by atoms with Crippen LogP contribution in [0.15, 0.2) is 16.1 Å². The lowest BCUT2D eigenvalue weighted by Gasteiger charge is -2.37. The van der Waals surface area contributed by atoms with Crippen molar-refractivity contribution in [2.45, 2.75) is 26.1 Å². The number of anilines is 1. The predicted molar refractivity (Wildman–Crippen MR) is 119 cm³/mol. The first-order chi connectivity index (χ1) is 16.0. The van der Waals surface area contributed by atoms with Crippen LogP contribution in [0.4, 0.5) is 10.1 Å². The molecule has 2 aliphatic heterocycles. The molecule has 0 spiro atoms. The Kier molecular flexibility index (Phi) is 5.85. The lowest BCUT2D eigenvalue weighted by molar-refractivity contribution is -0.00543. The predicted octanol–water partition coefficient (Wildman–Crippen LogP) is 2.99. The summed E-state index contributed by atoms with van der Waals surface area (Å²) in [7, 11) is 0. The van der Waals surface area contributed by atoms with Crippen LogP contribution in [-0.2, 0) is 9.47 Å². The van der Waals surface area contributed by atoms with Gasteiger partial charge in [-0.2, -0.15) is 0 Å². The molecule has 174 valence electrons. The largest absolute Gasteiger partial charge is 0.378 e. The summed E-state index contributed by atoms with van der Waals surface area (Å²) in [5.41, 5.74) is 2.38. The van der Waals surface area contributed by atoms with E-state index in [9.17, 15) is 9.59 Å². The fourth-order valence-corrected chi connectivity index (χ4v) is 5.24. The monoisotopic (exact) mass is 474 g/mol. The highest BCUT2D eigenvalue weighted by Gasteiger charge is 2.31. The summed E-state index contributed by atoms with van der Waals surface area (Å²) < 4.78 is 32.1. The minimum Gasteiger partial charge on any atom is -0.378 e. The second kappa shape index (κ2) is 8.81. The van der Waals surface area contributed by atoms with Gasteiger partial charge in [-0.15, -0.1) is 11.3 Å². The molecule has 1 amide bonds. The maximum Gasteiger partial charge on any atom is 0.274 e. The maximum atomic E-state index is 15.7. The van der Waals surface area contributed by atoms with Gasteiger partial charge >= 0.3 is 0 Å². The Balaban J connectivity index is 1.57. The average molecular weight is 475 g/mol. The van der Waals surface area contributed by atoms with Gasteiger partial charge in [0, 0.05) is 31.7 Å². The van der Waals surface area contributed by atoms with E-state index in [4.69, 9.17) is 14.0 Å². The molecule has 0 unspecified atom stereocenters. The van der Waals surface area contributed by atoms with Crippen LogP contribution >= 0.6 is 11.3 Å². The van der Waals surface area contributed by atoms with Crippen molar-refractivity contribution < 1.29 is 28.0 Å². The van der Waals surface area contributed by atoms with Crippen molar-refractivity contribution in [3.63, 3.8) is 0 Å². The molecule has 33 heavy (non-hydrogen) atoms. The van der Waals surface area contributed by atoms with Crippen LogP contribution in [0.5, 0.6) is 0 Å². The molecule has 2 aromatic heterocycles. The minimum atomic E-state index is -0.653. The third kappa shape index (κ3) is 3.90. The summed E-state index contributed by atoms with van der Waals surface area (Å²) in [6, 6.07) is 1.57. The molecule has 11 heteroatoms. The summed E-state index contributed by atoms with van der Waals surface area (Å²) in [4.78, 5) is 33.2. The Morgan fingerprint density at radius 3 is 2.67 bits per heavy atom. The van der Waals surface area contributed by atoms with E-state index in [1.807, 2.05) is 13.8 Å². The zero-order valence-electron chi connectivity index (χ0n) is 18.2. The quantitative estimate of drug-likeness (QED) is 0.533. The smallest absolute Gasteiger partial charge is 0.274 e. The summed E-state index contributed by atoms with van der Waals surface area (Å²) in [6.45, 7) is 6.58. The van der Waals surface area contributed by atoms with Crippen LogP contribution in [0.1, 0.15) is 34.7 Å². The van der Waals surface area contributed by atoms with Gasteiger partial charge in [-0.25, -0.2) is 9.37 Å². The first-order valence-corrected chi connectivity index (χ1v) is 11.6. The molecular weight excluding hydrogens is 451 g/mol. The molecule has 0 bridgehead atoms. The van der Waals surface area contributed by atoms with Gasteiger partial charge in [0.15, 0.2) is 12.1 Å². The number of carbonyl (C=O) groups excluding carboxylic acids is 2. The van der Waals surface area contributed by atoms with E-state index in [2.05, 4.69) is 10.1 Å². The van der Waals surface area contributed by atoms with Crippen molar-refractivity contribution in [2.24, 2.45) is 0 Å². The van der Waals surface area contributed by atoms with Crippen LogP contribution in [-0.4, -0.2) is 78.8 Å². The van der Waals surface area contributed by atoms with Crippen molar-refractivity contribution in [3.8, 4) is 10.6 Å². The molecule has 0 radical (unpaired) electrons. The van der Waals surface area contributed by atoms with Crippen LogP contribution in [0, 0.1) is 5.82 Å². The number of fused-ring (bicyclic) bond motifs is 1. The van der Waals surface area contributed by atoms with Crippen molar-refractivity contribution in [2.75, 3.05) is 44.3 Å². The molecule has 2 fully saturated rings. The summed E-state index contributed by atoms with van der Waals surface area (Å²) in [6.07, 6.45) is 0.408. The molecular formula is C22H23FN4O5S. The van der Waals surface area contributed by atoms with Gasteiger partial charge in [-0.1, -0.05) is 5.16 Å². The number of nitrogens with zero attached hydrogens (tertiary/aromatic N) is 4. The number of morpholine rings is 2. The molecule has 0 N–H and O–H groups in total. The van der Waals surface area contributed by atoms with E-state index in [-0.39, 0.29) is 40.6 Å². The molecule has 0 saturated carbocycles. The van der Waals surface area contributed by atoms with Crippen molar-refractivity contribution in [1.29, 1.82) is 0 Å². The summed E-state index contributed by atoms with van der Waals surface area (Å²) >= 11 is 1.22. The minimum absolute atomic E-state index is 0.0597. The zero-order chi connectivity index (χ0) is 23.1. The summed E-state index contributed by atoms with van der Waals surface area (Å²) in [5.74, 6) is -0.894. The highest BCUT2D eigenvalue weighted by Crippen LogP contribution is 2.39. The maximum absolute atomic E-state index is 15.7. The number of aromatic nitrogens is 2. The van der Waals surface area contributed by atoms with Crippen LogP contribution in [0.25, 0.3) is 21.5 Å². The Bertz CT molecular complexity index is 1200. The third-order valence-corrected chi connectivity index (χ3v) is 6.69. The number of thiazole rings is 1. The van der Waals surface area contributed by atoms with E-state index in [1.165, 1.54) is 11.3 Å². The van der Waals surface area contributed by atoms with Gasteiger partial charge in [0.2, 0.25) is 5.58 Å². The number of rotatable bonds is 4. The normalized spacial score (nSPS) is 21.5. The Morgan fingerprint density at radius 2 is 1.97 bits per heavy atom. The van der Waals surface area contributed by atoms with E-state index in [0.29, 0.717) is 61.6 Å². The zero-order valence-corrected chi connectivity index (χ0v) is 19.1. The topological polar surface area (TPSA) is 98.0 Å². The average Bonchev–Trinajstić information content (AvgIpc) is 3.45. The van der Waals surface area contributed by atoms with Crippen molar-refractivity contribution in [3.05, 3.63) is 28.7 Å². The highest BCUT2D eigenvalue weighted by molar-refractivity contribution is 7.13. The van der Waals surface area contributed by atoms with Crippen molar-refractivity contribution in [1.82, 2.24) is 15.0 Å². The van der Waals surface area contributed by atoms with Crippen molar-refractivity contribution >= 4 is 40.2 Å². The second-order valence-corrected chi connectivity index (χ2v) is 9.11. The van der Waals surface area contributed by atoms with Gasteiger partial charge in [-0.05, 0) is 19.9 Å². The summed E-state index contributed by atoms with van der Waals surface area (Å²) in [5, 5.41) is 4.41. The van der Waals surface area contributed by atoms with E-state index < -0.39 is 5.82 Å². The van der Waals surface area contributed by atoms with E-state index in [1.54, 1.807) is 21.4 Å². The van der Waals surface area contributed by atoms with Crippen LogP contribution in [0.2, 0.25) is 0 Å².